The Bertz CT molecular complexity index is 1320. The van der Waals surface area contributed by atoms with Crippen LogP contribution in [0.3, 0.4) is 0 Å². The monoisotopic (exact) mass is 435 g/mol. The van der Waals surface area contributed by atoms with Gasteiger partial charge in [0.1, 0.15) is 22.8 Å². The highest BCUT2D eigenvalue weighted by Crippen LogP contribution is 2.39. The van der Waals surface area contributed by atoms with Crippen molar-refractivity contribution < 1.29 is 13.5 Å². The van der Waals surface area contributed by atoms with Gasteiger partial charge in [-0.05, 0) is 44.9 Å². The van der Waals surface area contributed by atoms with Gasteiger partial charge in [-0.25, -0.2) is 23.7 Å². The summed E-state index contributed by atoms with van der Waals surface area (Å²) < 4.78 is 36.1. The molecule has 164 valence electrons. The van der Waals surface area contributed by atoms with Crippen molar-refractivity contribution in [2.75, 3.05) is 6.61 Å². The van der Waals surface area contributed by atoms with Crippen LogP contribution >= 0.6 is 0 Å². The summed E-state index contributed by atoms with van der Waals surface area (Å²) in [6.45, 7) is 4.34. The molecule has 1 aromatic carbocycles. The number of benzene rings is 1. The molecule has 0 bridgehead atoms. The third kappa shape index (κ3) is 3.75. The number of ether oxygens (including phenoxy) is 1. The normalized spacial score (nSPS) is 18.9. The van der Waals surface area contributed by atoms with Crippen molar-refractivity contribution >= 4 is 11.0 Å². The first kappa shape index (κ1) is 20.6. The van der Waals surface area contributed by atoms with Crippen molar-refractivity contribution in [3.8, 4) is 11.3 Å². The van der Waals surface area contributed by atoms with Crippen LogP contribution in [-0.4, -0.2) is 31.3 Å². The van der Waals surface area contributed by atoms with Gasteiger partial charge in [0.15, 0.2) is 0 Å². The lowest BCUT2D eigenvalue weighted by Gasteiger charge is -2.29. The van der Waals surface area contributed by atoms with E-state index in [1.165, 1.54) is 12.1 Å². The van der Waals surface area contributed by atoms with Gasteiger partial charge in [0.05, 0.1) is 29.2 Å². The summed E-state index contributed by atoms with van der Waals surface area (Å²) in [5.74, 6) is -1.20. The highest BCUT2D eigenvalue weighted by Gasteiger charge is 2.28. The number of aromatic nitrogens is 5. The summed E-state index contributed by atoms with van der Waals surface area (Å²) in [5.41, 5.74) is 5.15. The average Bonchev–Trinajstić information content (AvgIpc) is 3.21. The minimum Gasteiger partial charge on any atom is -0.373 e. The Hall–Kier alpha value is -3.26. The van der Waals surface area contributed by atoms with Gasteiger partial charge in [0.25, 0.3) is 0 Å². The number of pyridine rings is 1. The highest BCUT2D eigenvalue weighted by atomic mass is 19.1. The molecule has 0 unspecified atom stereocenters. The van der Waals surface area contributed by atoms with Crippen molar-refractivity contribution in [3.05, 3.63) is 70.9 Å². The Morgan fingerprint density at radius 2 is 1.88 bits per heavy atom. The van der Waals surface area contributed by atoms with E-state index in [1.54, 1.807) is 4.68 Å². The van der Waals surface area contributed by atoms with E-state index in [4.69, 9.17) is 14.7 Å². The zero-order valence-corrected chi connectivity index (χ0v) is 18.1. The van der Waals surface area contributed by atoms with Crippen LogP contribution in [0.2, 0.25) is 0 Å². The maximum Gasteiger partial charge on any atom is 0.135 e. The van der Waals surface area contributed by atoms with Gasteiger partial charge < -0.3 is 4.74 Å². The third-order valence-electron chi connectivity index (χ3n) is 6.07. The fraction of sp³-hybridized carbons (Fsp3) is 0.333. The molecule has 0 radical (unpaired) electrons. The number of aryl methyl sites for hydroxylation is 3. The standard InChI is InChI=1S/C24H23F2N5O/c1-13-14(2)29-24-21(28-13)10-20(30-23(24)18-5-4-17(25)9-19(18)26)15-6-7-32-22(8-15)16-11-27-31(3)12-16/h4-5,9-12,15,22H,6-8H2,1-3H3/t15-,22+/m0/s1. The van der Waals surface area contributed by atoms with Crippen LogP contribution in [0.1, 0.15) is 47.5 Å². The van der Waals surface area contributed by atoms with Crippen molar-refractivity contribution in [1.29, 1.82) is 0 Å². The van der Waals surface area contributed by atoms with Crippen LogP contribution in [0.25, 0.3) is 22.3 Å². The molecular weight excluding hydrogens is 412 g/mol. The van der Waals surface area contributed by atoms with Gasteiger partial charge in [-0.1, -0.05) is 0 Å². The number of nitrogens with zero attached hydrogens (tertiary/aromatic N) is 5. The second-order valence-corrected chi connectivity index (χ2v) is 8.31. The molecule has 4 aromatic rings. The van der Waals surface area contributed by atoms with Crippen molar-refractivity contribution in [3.63, 3.8) is 0 Å². The first-order valence-electron chi connectivity index (χ1n) is 10.6. The smallest absolute Gasteiger partial charge is 0.135 e. The summed E-state index contributed by atoms with van der Waals surface area (Å²) >= 11 is 0. The number of rotatable bonds is 3. The molecule has 1 fully saturated rings. The number of hydrogen-bond acceptors (Lipinski definition) is 5. The molecule has 3 aromatic heterocycles. The molecule has 2 atom stereocenters. The van der Waals surface area contributed by atoms with E-state index in [-0.39, 0.29) is 17.6 Å². The molecule has 5 rings (SSSR count). The lowest BCUT2D eigenvalue weighted by Crippen LogP contribution is -2.19. The van der Waals surface area contributed by atoms with E-state index >= 15 is 0 Å². The van der Waals surface area contributed by atoms with Crippen LogP contribution < -0.4 is 0 Å². The molecule has 1 aliphatic rings. The largest absolute Gasteiger partial charge is 0.373 e. The Kier molecular flexibility index (Phi) is 5.17. The molecule has 0 saturated carbocycles. The molecule has 4 heterocycles. The van der Waals surface area contributed by atoms with Gasteiger partial charge in [-0.2, -0.15) is 5.10 Å². The quantitative estimate of drug-likeness (QED) is 0.455. The average molecular weight is 435 g/mol. The first-order chi connectivity index (χ1) is 15.4. The molecule has 1 aliphatic heterocycles. The molecule has 8 heteroatoms. The van der Waals surface area contributed by atoms with E-state index in [0.29, 0.717) is 23.3 Å². The summed E-state index contributed by atoms with van der Waals surface area (Å²) in [4.78, 5) is 14.2. The number of halogens is 2. The van der Waals surface area contributed by atoms with Gasteiger partial charge in [0, 0.05) is 48.7 Å². The van der Waals surface area contributed by atoms with Crippen molar-refractivity contribution in [2.24, 2.45) is 7.05 Å². The van der Waals surface area contributed by atoms with Crippen LogP contribution in [0, 0.1) is 25.5 Å². The van der Waals surface area contributed by atoms with Crippen molar-refractivity contribution in [2.45, 2.75) is 38.7 Å². The Morgan fingerprint density at radius 3 is 2.62 bits per heavy atom. The van der Waals surface area contributed by atoms with Gasteiger partial charge >= 0.3 is 0 Å². The maximum absolute atomic E-state index is 14.7. The summed E-state index contributed by atoms with van der Waals surface area (Å²) in [6.07, 6.45) is 5.21. The van der Waals surface area contributed by atoms with E-state index in [1.807, 2.05) is 39.4 Å². The molecular formula is C24H23F2N5O. The molecule has 6 nitrogen and oxygen atoms in total. The van der Waals surface area contributed by atoms with Gasteiger partial charge in [0.2, 0.25) is 0 Å². The molecule has 0 spiro atoms. The Labute approximate surface area is 184 Å². The van der Waals surface area contributed by atoms with Crippen LogP contribution in [-0.2, 0) is 11.8 Å². The second kappa shape index (κ2) is 8.02. The lowest BCUT2D eigenvalue weighted by atomic mass is 9.89. The van der Waals surface area contributed by atoms with Crippen LogP contribution in [0.5, 0.6) is 0 Å². The van der Waals surface area contributed by atoms with Crippen LogP contribution in [0.4, 0.5) is 8.78 Å². The maximum atomic E-state index is 14.7. The van der Waals surface area contributed by atoms with E-state index in [0.717, 1.165) is 41.6 Å². The van der Waals surface area contributed by atoms with E-state index < -0.39 is 11.6 Å². The molecule has 0 amide bonds. The van der Waals surface area contributed by atoms with E-state index in [2.05, 4.69) is 10.1 Å². The SMILES string of the molecule is Cc1nc2cc([C@H]3CCO[C@@H](c4cnn(C)c4)C3)nc(-c3ccc(F)cc3F)c2nc1C. The second-order valence-electron chi connectivity index (χ2n) is 8.31. The Morgan fingerprint density at radius 1 is 1.06 bits per heavy atom. The predicted molar refractivity (Wildman–Crippen MR) is 116 cm³/mol. The topological polar surface area (TPSA) is 65.7 Å². The predicted octanol–water partition coefficient (Wildman–Crippen LogP) is 4.96. The molecule has 0 N–H and O–H groups in total. The number of fused-ring (bicyclic) bond motifs is 1. The van der Waals surface area contributed by atoms with E-state index in [9.17, 15) is 8.78 Å². The summed E-state index contributed by atoms with van der Waals surface area (Å²) in [7, 11) is 1.88. The fourth-order valence-electron chi connectivity index (χ4n) is 4.23. The van der Waals surface area contributed by atoms with Crippen molar-refractivity contribution in [1.82, 2.24) is 24.7 Å². The minimum absolute atomic E-state index is 0.0863. The Balaban J connectivity index is 1.62. The molecule has 1 saturated heterocycles. The van der Waals surface area contributed by atoms with Gasteiger partial charge in [-0.3, -0.25) is 4.68 Å². The first-order valence-corrected chi connectivity index (χ1v) is 10.6. The summed E-state index contributed by atoms with van der Waals surface area (Å²) in [5, 5.41) is 4.25. The van der Waals surface area contributed by atoms with Crippen LogP contribution in [0.15, 0.2) is 36.7 Å². The fourth-order valence-corrected chi connectivity index (χ4v) is 4.23. The zero-order valence-electron chi connectivity index (χ0n) is 18.1. The minimum atomic E-state index is -0.670. The molecule has 0 aliphatic carbocycles. The number of hydrogen-bond donors (Lipinski definition) is 0. The zero-order chi connectivity index (χ0) is 22.4. The lowest BCUT2D eigenvalue weighted by molar-refractivity contribution is 0.00464. The third-order valence-corrected chi connectivity index (χ3v) is 6.07. The highest BCUT2D eigenvalue weighted by molar-refractivity contribution is 5.89. The van der Waals surface area contributed by atoms with Gasteiger partial charge in [-0.15, -0.1) is 0 Å². The molecule has 32 heavy (non-hydrogen) atoms. The summed E-state index contributed by atoms with van der Waals surface area (Å²) in [6, 6.07) is 5.46.